The Labute approximate surface area is 231 Å². The monoisotopic (exact) mass is 546 g/mol. The van der Waals surface area contributed by atoms with E-state index in [1.807, 2.05) is 13.0 Å². The van der Waals surface area contributed by atoms with E-state index < -0.39 is 12.5 Å². The zero-order valence-corrected chi connectivity index (χ0v) is 24.0. The predicted molar refractivity (Wildman–Crippen MR) is 153 cm³/mol. The SMILES string of the molecule is CCCCCCCCN1C(=CC=C(C)C=C2SC(=S)N(CC(=O)O)C2=O)OC2C3CCCCC3CCC21. The van der Waals surface area contributed by atoms with Gasteiger partial charge in [0.05, 0.1) is 10.9 Å². The van der Waals surface area contributed by atoms with Crippen molar-refractivity contribution in [1.82, 2.24) is 9.80 Å². The highest BCUT2D eigenvalue weighted by Crippen LogP contribution is 2.47. The van der Waals surface area contributed by atoms with Crippen molar-refractivity contribution >= 4 is 40.2 Å². The summed E-state index contributed by atoms with van der Waals surface area (Å²) in [6.07, 6.45) is 21.7. The van der Waals surface area contributed by atoms with Crippen LogP contribution in [0.5, 0.6) is 0 Å². The molecule has 1 N–H and O–H groups in total. The van der Waals surface area contributed by atoms with E-state index in [-0.39, 0.29) is 5.91 Å². The lowest BCUT2D eigenvalue weighted by Gasteiger charge is -2.42. The summed E-state index contributed by atoms with van der Waals surface area (Å²) in [5.41, 5.74) is 0.914. The highest BCUT2D eigenvalue weighted by Gasteiger charge is 2.48. The molecular formula is C29H42N2O4S2. The fourth-order valence-electron chi connectivity index (χ4n) is 6.43. The molecule has 0 bridgehead atoms. The number of aliphatic carboxylic acids is 1. The Hall–Kier alpha value is -1.80. The van der Waals surface area contributed by atoms with Gasteiger partial charge in [0, 0.05) is 12.5 Å². The van der Waals surface area contributed by atoms with Gasteiger partial charge in [0.2, 0.25) is 0 Å². The Morgan fingerprint density at radius 2 is 1.89 bits per heavy atom. The van der Waals surface area contributed by atoms with Crippen molar-refractivity contribution in [3.8, 4) is 0 Å². The second kappa shape index (κ2) is 13.3. The summed E-state index contributed by atoms with van der Waals surface area (Å²) < 4.78 is 7.01. The lowest BCUT2D eigenvalue weighted by atomic mass is 9.68. The van der Waals surface area contributed by atoms with Crippen LogP contribution in [0.1, 0.15) is 90.9 Å². The average molecular weight is 547 g/mol. The van der Waals surface area contributed by atoms with E-state index in [4.69, 9.17) is 22.1 Å². The molecule has 4 unspecified atom stereocenters. The molecule has 0 aromatic rings. The zero-order chi connectivity index (χ0) is 26.4. The van der Waals surface area contributed by atoms with Gasteiger partial charge in [0.25, 0.3) is 5.91 Å². The number of fused-ring (bicyclic) bond motifs is 3. The number of rotatable bonds is 11. The first-order valence-electron chi connectivity index (χ1n) is 14.2. The summed E-state index contributed by atoms with van der Waals surface area (Å²) >= 11 is 6.38. The van der Waals surface area contributed by atoms with Crippen LogP contribution < -0.4 is 0 Å². The number of ether oxygens (including phenoxy) is 1. The van der Waals surface area contributed by atoms with Crippen molar-refractivity contribution in [2.45, 2.75) is 103 Å². The number of nitrogens with zero attached hydrogens (tertiary/aromatic N) is 2. The van der Waals surface area contributed by atoms with Gasteiger partial charge >= 0.3 is 5.97 Å². The van der Waals surface area contributed by atoms with Crippen LogP contribution in [0.4, 0.5) is 0 Å². The number of allylic oxidation sites excluding steroid dienone is 4. The number of hydrogen-bond acceptors (Lipinski definition) is 6. The van der Waals surface area contributed by atoms with E-state index in [9.17, 15) is 9.59 Å². The van der Waals surface area contributed by atoms with Gasteiger partial charge in [-0.15, -0.1) is 0 Å². The molecule has 4 rings (SSSR count). The number of thioether (sulfide) groups is 1. The molecule has 4 aliphatic rings. The normalized spacial score (nSPS) is 30.2. The summed E-state index contributed by atoms with van der Waals surface area (Å²) in [4.78, 5) is 27.8. The topological polar surface area (TPSA) is 70.1 Å². The molecule has 204 valence electrons. The number of carboxylic acid groups (broad SMARTS) is 1. The first kappa shape index (κ1) is 28.2. The van der Waals surface area contributed by atoms with Gasteiger partial charge in [-0.05, 0) is 56.3 Å². The zero-order valence-electron chi connectivity index (χ0n) is 22.3. The van der Waals surface area contributed by atoms with Crippen molar-refractivity contribution < 1.29 is 19.4 Å². The van der Waals surface area contributed by atoms with Crippen molar-refractivity contribution in [1.29, 1.82) is 0 Å². The molecule has 0 radical (unpaired) electrons. The van der Waals surface area contributed by atoms with Crippen LogP contribution in [-0.2, 0) is 14.3 Å². The number of hydrogen-bond donors (Lipinski definition) is 1. The Bertz CT molecular complexity index is 960. The smallest absolute Gasteiger partial charge is 0.323 e. The van der Waals surface area contributed by atoms with Crippen molar-refractivity contribution in [3.63, 3.8) is 0 Å². The molecule has 2 saturated heterocycles. The Balaban J connectivity index is 1.47. The van der Waals surface area contributed by atoms with Gasteiger partial charge in [-0.25, -0.2) is 0 Å². The molecule has 6 nitrogen and oxygen atoms in total. The van der Waals surface area contributed by atoms with E-state index in [0.29, 0.717) is 27.3 Å². The third kappa shape index (κ3) is 6.99. The lowest BCUT2D eigenvalue weighted by Crippen LogP contribution is -2.46. The standard InChI is InChI=1S/C29H42N2O4S2/c1-3-4-5-6-7-10-17-30-23-15-14-21-11-8-9-12-22(21)27(23)35-25(30)16-13-20(2)18-24-28(34)31(19-26(32)33)29(36)37-24/h13,16,18,21-23,27H,3-12,14-15,17,19H2,1-2H3,(H,32,33). The van der Waals surface area contributed by atoms with Gasteiger partial charge in [0.1, 0.15) is 17.0 Å². The third-order valence-corrected chi connectivity index (χ3v) is 9.69. The summed E-state index contributed by atoms with van der Waals surface area (Å²) in [6, 6.07) is 0.474. The molecular weight excluding hydrogens is 504 g/mol. The number of unbranched alkanes of at least 4 members (excludes halogenated alkanes) is 5. The van der Waals surface area contributed by atoms with E-state index in [0.717, 1.165) is 40.6 Å². The number of carboxylic acids is 1. The molecule has 2 saturated carbocycles. The second-order valence-electron chi connectivity index (χ2n) is 11.0. The van der Waals surface area contributed by atoms with Crippen LogP contribution in [0, 0.1) is 11.8 Å². The maximum atomic E-state index is 12.6. The van der Waals surface area contributed by atoms with Crippen LogP contribution in [0.25, 0.3) is 0 Å². The molecule has 4 fully saturated rings. The third-order valence-electron chi connectivity index (χ3n) is 8.31. The van der Waals surface area contributed by atoms with Gasteiger partial charge < -0.3 is 14.7 Å². The lowest BCUT2D eigenvalue weighted by molar-refractivity contribution is -0.140. The summed E-state index contributed by atoms with van der Waals surface area (Å²) in [5.74, 6) is 1.05. The van der Waals surface area contributed by atoms with E-state index in [2.05, 4.69) is 17.9 Å². The summed E-state index contributed by atoms with van der Waals surface area (Å²) in [5, 5.41) is 9.06. The molecule has 0 spiro atoms. The molecule has 2 heterocycles. The average Bonchev–Trinajstić information content (AvgIpc) is 3.36. The number of amides is 1. The molecule has 0 aromatic heterocycles. The van der Waals surface area contributed by atoms with E-state index >= 15 is 0 Å². The molecule has 37 heavy (non-hydrogen) atoms. The van der Waals surface area contributed by atoms with Gasteiger partial charge in [-0.3, -0.25) is 14.5 Å². The van der Waals surface area contributed by atoms with E-state index in [1.54, 1.807) is 6.08 Å². The Morgan fingerprint density at radius 3 is 2.68 bits per heavy atom. The minimum atomic E-state index is -1.07. The van der Waals surface area contributed by atoms with Crippen molar-refractivity contribution in [2.24, 2.45) is 11.8 Å². The number of carbonyl (C=O) groups excluding carboxylic acids is 1. The molecule has 1 amide bonds. The molecule has 0 aromatic carbocycles. The van der Waals surface area contributed by atoms with Crippen LogP contribution >= 0.6 is 24.0 Å². The molecule has 2 aliphatic heterocycles. The number of carbonyl (C=O) groups is 2. The van der Waals surface area contributed by atoms with Crippen molar-refractivity contribution in [3.05, 3.63) is 34.6 Å². The van der Waals surface area contributed by atoms with Gasteiger partial charge in [-0.2, -0.15) is 0 Å². The second-order valence-corrected chi connectivity index (χ2v) is 12.6. The van der Waals surface area contributed by atoms with Crippen LogP contribution in [0.15, 0.2) is 34.6 Å². The van der Waals surface area contributed by atoms with Crippen LogP contribution in [-0.4, -0.2) is 56.3 Å². The fraction of sp³-hybridized carbons (Fsp3) is 0.690. The predicted octanol–water partition coefficient (Wildman–Crippen LogP) is 6.63. The summed E-state index contributed by atoms with van der Waals surface area (Å²) in [7, 11) is 0. The molecule has 4 atom stereocenters. The minimum Gasteiger partial charge on any atom is -0.480 e. The first-order valence-corrected chi connectivity index (χ1v) is 15.4. The fourth-order valence-corrected chi connectivity index (χ4v) is 7.74. The quantitative estimate of drug-likeness (QED) is 0.177. The highest BCUT2D eigenvalue weighted by atomic mass is 32.2. The number of thiocarbonyl (C=S) groups is 1. The Kier molecular flexibility index (Phi) is 10.2. The highest BCUT2D eigenvalue weighted by molar-refractivity contribution is 8.26. The maximum Gasteiger partial charge on any atom is 0.323 e. The largest absolute Gasteiger partial charge is 0.480 e. The maximum absolute atomic E-state index is 12.6. The van der Waals surface area contributed by atoms with Crippen LogP contribution in [0.3, 0.4) is 0 Å². The minimum absolute atomic E-state index is 0.292. The summed E-state index contributed by atoms with van der Waals surface area (Å²) in [6.45, 7) is 4.85. The molecule has 8 heteroatoms. The molecule has 2 aliphatic carbocycles. The Morgan fingerprint density at radius 1 is 1.14 bits per heavy atom. The van der Waals surface area contributed by atoms with Crippen LogP contribution in [0.2, 0.25) is 0 Å². The van der Waals surface area contributed by atoms with Gasteiger partial charge in [-0.1, -0.05) is 88.3 Å². The van der Waals surface area contributed by atoms with Crippen molar-refractivity contribution in [2.75, 3.05) is 13.1 Å². The van der Waals surface area contributed by atoms with Gasteiger partial charge in [0.15, 0.2) is 5.88 Å². The first-order chi connectivity index (χ1) is 17.9. The van der Waals surface area contributed by atoms with E-state index in [1.165, 1.54) is 77.0 Å².